The molecule has 5 nitrogen and oxygen atoms in total. The smallest absolute Gasteiger partial charge is 0.211 e. The van der Waals surface area contributed by atoms with Crippen LogP contribution >= 0.6 is 0 Å². The summed E-state index contributed by atoms with van der Waals surface area (Å²) in [4.78, 5) is 19.1. The first-order valence-corrected chi connectivity index (χ1v) is 9.14. The van der Waals surface area contributed by atoms with Crippen LogP contribution in [0.25, 0.3) is 5.65 Å². The first kappa shape index (κ1) is 18.3. The van der Waals surface area contributed by atoms with Gasteiger partial charge in [0.05, 0.1) is 6.20 Å². The van der Waals surface area contributed by atoms with Crippen LogP contribution in [-0.2, 0) is 0 Å². The minimum absolute atomic E-state index is 0.0799. The molecule has 3 aromatic rings. The molecule has 5 heteroatoms. The second-order valence-corrected chi connectivity index (χ2v) is 6.43. The van der Waals surface area contributed by atoms with Crippen molar-refractivity contribution < 1.29 is 9.90 Å². The zero-order valence-corrected chi connectivity index (χ0v) is 15.3. The molecule has 1 aromatic carbocycles. The molecule has 0 saturated carbocycles. The topological polar surface area (TPSA) is 57.8 Å². The van der Waals surface area contributed by atoms with Gasteiger partial charge in [0.1, 0.15) is 17.6 Å². The van der Waals surface area contributed by atoms with Crippen molar-refractivity contribution in [2.45, 2.75) is 32.9 Å². The molecule has 0 aliphatic rings. The molecule has 0 spiro atoms. The zero-order valence-electron chi connectivity index (χ0n) is 15.3. The molecule has 136 valence electrons. The average Bonchev–Trinajstić information content (AvgIpc) is 3.11. The number of hydrogen-bond acceptors (Lipinski definition) is 4. The van der Waals surface area contributed by atoms with E-state index in [1.165, 1.54) is 0 Å². The van der Waals surface area contributed by atoms with Crippen molar-refractivity contribution in [1.29, 1.82) is 0 Å². The fraction of sp³-hybridized carbons (Fsp3) is 0.333. The maximum Gasteiger partial charge on any atom is 0.211 e. The summed E-state index contributed by atoms with van der Waals surface area (Å²) in [7, 11) is 0. The molecule has 0 fully saturated rings. The number of imidazole rings is 1. The summed E-state index contributed by atoms with van der Waals surface area (Å²) < 4.78 is 1.79. The van der Waals surface area contributed by atoms with Gasteiger partial charge in [0.2, 0.25) is 5.78 Å². The molecule has 2 aromatic heterocycles. The van der Waals surface area contributed by atoms with Gasteiger partial charge < -0.3 is 5.11 Å². The highest BCUT2D eigenvalue weighted by Crippen LogP contribution is 2.20. The maximum absolute atomic E-state index is 12.8. The Kier molecular flexibility index (Phi) is 5.81. The molecule has 1 unspecified atom stereocenters. The second-order valence-electron chi connectivity index (χ2n) is 6.43. The van der Waals surface area contributed by atoms with Crippen LogP contribution in [0.4, 0.5) is 0 Å². The lowest BCUT2D eigenvalue weighted by Gasteiger charge is -2.27. The Morgan fingerprint density at radius 2 is 1.81 bits per heavy atom. The van der Waals surface area contributed by atoms with E-state index in [9.17, 15) is 9.90 Å². The molecule has 0 aliphatic heterocycles. The second kappa shape index (κ2) is 8.25. The van der Waals surface area contributed by atoms with Gasteiger partial charge in [-0.3, -0.25) is 14.1 Å². The first-order valence-electron chi connectivity index (χ1n) is 9.14. The van der Waals surface area contributed by atoms with Gasteiger partial charge in [0.15, 0.2) is 0 Å². The van der Waals surface area contributed by atoms with Crippen LogP contribution in [0.5, 0.6) is 0 Å². The molecule has 0 radical (unpaired) electrons. The summed E-state index contributed by atoms with van der Waals surface area (Å²) >= 11 is 0. The highest BCUT2D eigenvalue weighted by atomic mass is 16.3. The van der Waals surface area contributed by atoms with Gasteiger partial charge in [-0.1, -0.05) is 44.2 Å². The van der Waals surface area contributed by atoms with Gasteiger partial charge in [-0.25, -0.2) is 4.98 Å². The molecule has 2 heterocycles. The number of ketones is 1. The molecule has 26 heavy (non-hydrogen) atoms. The lowest BCUT2D eigenvalue weighted by atomic mass is 10.0. The Bertz CT molecular complexity index is 864. The number of aliphatic hydroxyl groups excluding tert-OH is 1. The van der Waals surface area contributed by atoms with Gasteiger partial charge in [0, 0.05) is 24.8 Å². The van der Waals surface area contributed by atoms with Crippen molar-refractivity contribution in [1.82, 2.24) is 14.3 Å². The number of hydrogen-bond donors (Lipinski definition) is 1. The van der Waals surface area contributed by atoms with E-state index in [4.69, 9.17) is 0 Å². The van der Waals surface area contributed by atoms with Crippen molar-refractivity contribution >= 4 is 11.4 Å². The van der Waals surface area contributed by atoms with Crippen molar-refractivity contribution in [3.8, 4) is 0 Å². The maximum atomic E-state index is 12.8. The summed E-state index contributed by atoms with van der Waals surface area (Å²) in [6.45, 7) is 5.90. The number of carbonyl (C=O) groups excluding carboxylic acids is 1. The Balaban J connectivity index is 1.81. The lowest BCUT2D eigenvalue weighted by molar-refractivity contribution is 0.00166. The third-order valence-corrected chi connectivity index (χ3v) is 4.49. The van der Waals surface area contributed by atoms with Crippen LogP contribution in [0.15, 0.2) is 54.9 Å². The molecule has 0 aliphatic carbocycles. The number of nitrogens with zero attached hydrogens (tertiary/aromatic N) is 3. The summed E-state index contributed by atoms with van der Waals surface area (Å²) in [6, 6.07) is 12.9. The number of aliphatic hydroxyl groups is 1. The standard InChI is InChI=1S/C21H25N3O2/c1-3-12-23(13-4-2)21(26)17-10-8-16(9-11-17)20(25)18-15-22-19-7-5-6-14-24(18)19/h5-11,14-15,21,26H,3-4,12-13H2,1-2H3. The number of pyridine rings is 1. The number of carbonyl (C=O) groups is 1. The quantitative estimate of drug-likeness (QED) is 0.497. The molecular weight excluding hydrogens is 326 g/mol. The molecular formula is C21H25N3O2. The predicted molar refractivity (Wildman–Crippen MR) is 102 cm³/mol. The van der Waals surface area contributed by atoms with E-state index in [2.05, 4.69) is 23.7 Å². The average molecular weight is 351 g/mol. The van der Waals surface area contributed by atoms with Crippen molar-refractivity contribution in [2.24, 2.45) is 0 Å². The van der Waals surface area contributed by atoms with E-state index in [-0.39, 0.29) is 5.78 Å². The summed E-state index contributed by atoms with van der Waals surface area (Å²) in [5.74, 6) is -0.0799. The Hall–Kier alpha value is -2.50. The normalized spacial score (nSPS) is 12.6. The molecule has 1 atom stereocenters. The van der Waals surface area contributed by atoms with E-state index in [0.29, 0.717) is 11.3 Å². The van der Waals surface area contributed by atoms with E-state index in [1.54, 1.807) is 22.7 Å². The van der Waals surface area contributed by atoms with Crippen molar-refractivity contribution in [3.63, 3.8) is 0 Å². The zero-order chi connectivity index (χ0) is 18.5. The van der Waals surface area contributed by atoms with Gasteiger partial charge in [0.25, 0.3) is 0 Å². The van der Waals surface area contributed by atoms with E-state index in [1.807, 2.05) is 36.5 Å². The number of rotatable bonds is 8. The van der Waals surface area contributed by atoms with Crippen LogP contribution in [0.3, 0.4) is 0 Å². The van der Waals surface area contributed by atoms with Gasteiger partial charge in [-0.05, 0) is 30.5 Å². The fourth-order valence-corrected chi connectivity index (χ4v) is 3.20. The van der Waals surface area contributed by atoms with Crippen LogP contribution in [0.2, 0.25) is 0 Å². The molecule has 0 bridgehead atoms. The van der Waals surface area contributed by atoms with E-state index >= 15 is 0 Å². The predicted octanol–water partition coefficient (Wildman–Crippen LogP) is 3.68. The van der Waals surface area contributed by atoms with Gasteiger partial charge >= 0.3 is 0 Å². The highest BCUT2D eigenvalue weighted by Gasteiger charge is 2.18. The number of benzene rings is 1. The molecule has 1 N–H and O–H groups in total. The minimum atomic E-state index is -0.644. The highest BCUT2D eigenvalue weighted by molar-refractivity contribution is 6.08. The van der Waals surface area contributed by atoms with Gasteiger partial charge in [-0.15, -0.1) is 0 Å². The summed E-state index contributed by atoms with van der Waals surface area (Å²) in [6.07, 6.45) is 4.77. The third kappa shape index (κ3) is 3.69. The van der Waals surface area contributed by atoms with Crippen LogP contribution < -0.4 is 0 Å². The lowest BCUT2D eigenvalue weighted by Crippen LogP contribution is -2.30. The monoisotopic (exact) mass is 351 g/mol. The van der Waals surface area contributed by atoms with Crippen molar-refractivity contribution in [2.75, 3.05) is 13.1 Å². The molecule has 0 saturated heterocycles. The number of aromatic nitrogens is 2. The first-order chi connectivity index (χ1) is 12.7. The Labute approximate surface area is 153 Å². The minimum Gasteiger partial charge on any atom is -0.374 e. The third-order valence-electron chi connectivity index (χ3n) is 4.49. The van der Waals surface area contributed by atoms with Crippen LogP contribution in [-0.4, -0.2) is 38.3 Å². The van der Waals surface area contributed by atoms with Crippen molar-refractivity contribution in [3.05, 3.63) is 71.7 Å². The number of fused-ring (bicyclic) bond motifs is 1. The van der Waals surface area contributed by atoms with Crippen LogP contribution in [0.1, 0.15) is 54.5 Å². The van der Waals surface area contributed by atoms with E-state index in [0.717, 1.165) is 37.1 Å². The largest absolute Gasteiger partial charge is 0.374 e. The van der Waals surface area contributed by atoms with Crippen LogP contribution in [0, 0.1) is 0 Å². The Morgan fingerprint density at radius 1 is 1.12 bits per heavy atom. The molecule has 3 rings (SSSR count). The van der Waals surface area contributed by atoms with E-state index < -0.39 is 6.23 Å². The Morgan fingerprint density at radius 3 is 2.46 bits per heavy atom. The fourth-order valence-electron chi connectivity index (χ4n) is 3.20. The van der Waals surface area contributed by atoms with Gasteiger partial charge in [-0.2, -0.15) is 0 Å². The molecule has 0 amide bonds. The SMILES string of the molecule is CCCN(CCC)C(O)c1ccc(C(=O)c2cnc3ccccn23)cc1. The summed E-state index contributed by atoms with van der Waals surface area (Å²) in [5.41, 5.74) is 2.68. The summed E-state index contributed by atoms with van der Waals surface area (Å²) in [5, 5.41) is 10.6.